The van der Waals surface area contributed by atoms with Gasteiger partial charge in [-0.05, 0) is 45.9 Å². The van der Waals surface area contributed by atoms with Crippen LogP contribution in [0.5, 0.6) is 0 Å². The highest BCUT2D eigenvalue weighted by atomic mass is 79.9. The number of hydrogen-bond donors (Lipinski definition) is 1. The fraction of sp³-hybridized carbons (Fsp3) is 0.417. The number of halogens is 1. The van der Waals surface area contributed by atoms with Crippen molar-refractivity contribution in [3.05, 3.63) is 37.4 Å². The first kappa shape index (κ1) is 13.2. The molecule has 0 aliphatic rings. The number of hydrogen-bond acceptors (Lipinski definition) is 4. The van der Waals surface area contributed by atoms with Gasteiger partial charge in [-0.2, -0.15) is 0 Å². The quantitative estimate of drug-likeness (QED) is 0.856. The van der Waals surface area contributed by atoms with Gasteiger partial charge in [-0.1, -0.05) is 6.92 Å². The van der Waals surface area contributed by atoms with Gasteiger partial charge in [0.15, 0.2) is 0 Å². The lowest BCUT2D eigenvalue weighted by molar-refractivity contribution is 0.529. The molecule has 0 aromatic carbocycles. The van der Waals surface area contributed by atoms with E-state index < -0.39 is 0 Å². The lowest BCUT2D eigenvalue weighted by Gasteiger charge is -2.16. The summed E-state index contributed by atoms with van der Waals surface area (Å²) in [5.74, 6) is 0. The molecule has 2 rings (SSSR count). The molecule has 1 unspecified atom stereocenters. The van der Waals surface area contributed by atoms with E-state index in [4.69, 9.17) is 0 Å². The van der Waals surface area contributed by atoms with Crippen molar-refractivity contribution < 1.29 is 0 Å². The Labute approximate surface area is 118 Å². The summed E-state index contributed by atoms with van der Waals surface area (Å²) < 4.78 is 1.19. The van der Waals surface area contributed by atoms with E-state index in [1.54, 1.807) is 22.7 Å². The van der Waals surface area contributed by atoms with Crippen LogP contribution in [0.1, 0.15) is 30.0 Å². The third-order valence-electron chi connectivity index (χ3n) is 2.49. The molecule has 0 bridgehead atoms. The number of thiazole rings is 1. The van der Waals surface area contributed by atoms with E-state index in [9.17, 15) is 0 Å². The number of aromatic nitrogens is 1. The maximum absolute atomic E-state index is 4.37. The summed E-state index contributed by atoms with van der Waals surface area (Å²) in [6.07, 6.45) is 4.00. The van der Waals surface area contributed by atoms with Crippen LogP contribution < -0.4 is 5.32 Å². The predicted octanol–water partition coefficient (Wildman–Crippen LogP) is 4.25. The molecule has 2 aromatic heterocycles. The molecule has 0 radical (unpaired) electrons. The molecule has 0 amide bonds. The third kappa shape index (κ3) is 3.88. The fourth-order valence-corrected chi connectivity index (χ4v) is 3.55. The van der Waals surface area contributed by atoms with Crippen LogP contribution in [0.3, 0.4) is 0 Å². The van der Waals surface area contributed by atoms with Gasteiger partial charge in [0.05, 0.1) is 8.79 Å². The molecule has 2 aromatic rings. The molecule has 17 heavy (non-hydrogen) atoms. The van der Waals surface area contributed by atoms with Gasteiger partial charge in [-0.15, -0.1) is 22.7 Å². The molecule has 0 saturated carbocycles. The maximum Gasteiger partial charge on any atom is 0.0943 e. The first-order chi connectivity index (χ1) is 8.29. The van der Waals surface area contributed by atoms with Crippen molar-refractivity contribution in [2.75, 3.05) is 6.54 Å². The van der Waals surface area contributed by atoms with Crippen LogP contribution >= 0.6 is 38.6 Å². The van der Waals surface area contributed by atoms with Crippen molar-refractivity contribution in [2.45, 2.75) is 25.8 Å². The van der Waals surface area contributed by atoms with Crippen molar-refractivity contribution in [1.82, 2.24) is 10.3 Å². The third-order valence-corrected chi connectivity index (χ3v) is 4.82. The van der Waals surface area contributed by atoms with Crippen molar-refractivity contribution in [2.24, 2.45) is 0 Å². The Balaban J connectivity index is 2.07. The minimum atomic E-state index is 0.378. The number of nitrogens with one attached hydrogen (secondary N) is 1. The molecular formula is C12H15BrN2S2. The Hall–Kier alpha value is -0.230. The Morgan fingerprint density at radius 2 is 2.35 bits per heavy atom. The molecule has 5 heteroatoms. The molecule has 92 valence electrons. The summed E-state index contributed by atoms with van der Waals surface area (Å²) in [5, 5.41) is 9.04. The largest absolute Gasteiger partial charge is 0.310 e. The van der Waals surface area contributed by atoms with Crippen LogP contribution in [0.2, 0.25) is 0 Å². The van der Waals surface area contributed by atoms with Crippen molar-refractivity contribution in [1.29, 1.82) is 0 Å². The van der Waals surface area contributed by atoms with Crippen LogP contribution in [0.25, 0.3) is 0 Å². The second-order valence-corrected chi connectivity index (χ2v) is 7.09. The van der Waals surface area contributed by atoms with E-state index in [0.717, 1.165) is 19.4 Å². The van der Waals surface area contributed by atoms with E-state index in [2.05, 4.69) is 44.6 Å². The average molecular weight is 331 g/mol. The zero-order chi connectivity index (χ0) is 12.1. The van der Waals surface area contributed by atoms with Crippen molar-refractivity contribution in [3.63, 3.8) is 0 Å². The molecular weight excluding hydrogens is 316 g/mol. The second kappa shape index (κ2) is 6.64. The monoisotopic (exact) mass is 330 g/mol. The second-order valence-electron chi connectivity index (χ2n) is 3.82. The molecule has 1 atom stereocenters. The number of thiophene rings is 1. The molecule has 1 N–H and O–H groups in total. The highest BCUT2D eigenvalue weighted by Crippen LogP contribution is 2.27. The smallest absolute Gasteiger partial charge is 0.0943 e. The average Bonchev–Trinajstić information content (AvgIpc) is 2.95. The SMILES string of the molecule is CCCNC(Cc1nccs1)c1csc(Br)c1. The molecule has 0 fully saturated rings. The Kier molecular flexibility index (Phi) is 5.16. The zero-order valence-electron chi connectivity index (χ0n) is 9.65. The van der Waals surface area contributed by atoms with E-state index >= 15 is 0 Å². The summed E-state index contributed by atoms with van der Waals surface area (Å²) in [6, 6.07) is 2.58. The number of rotatable bonds is 6. The maximum atomic E-state index is 4.37. The van der Waals surface area contributed by atoms with Gasteiger partial charge in [0.2, 0.25) is 0 Å². The summed E-state index contributed by atoms with van der Waals surface area (Å²) in [6.45, 7) is 3.24. The fourth-order valence-electron chi connectivity index (χ4n) is 1.66. The topological polar surface area (TPSA) is 24.9 Å². The van der Waals surface area contributed by atoms with Gasteiger partial charge in [0, 0.05) is 24.0 Å². The van der Waals surface area contributed by atoms with Gasteiger partial charge in [0.1, 0.15) is 0 Å². The van der Waals surface area contributed by atoms with Gasteiger partial charge >= 0.3 is 0 Å². The molecule has 0 aliphatic carbocycles. The first-order valence-electron chi connectivity index (χ1n) is 5.65. The normalized spacial score (nSPS) is 12.8. The minimum Gasteiger partial charge on any atom is -0.310 e. The van der Waals surface area contributed by atoms with Crippen molar-refractivity contribution >= 4 is 38.6 Å². The van der Waals surface area contributed by atoms with E-state index in [0.29, 0.717) is 6.04 Å². The van der Waals surface area contributed by atoms with Crippen LogP contribution in [-0.4, -0.2) is 11.5 Å². The van der Waals surface area contributed by atoms with Crippen molar-refractivity contribution in [3.8, 4) is 0 Å². The first-order valence-corrected chi connectivity index (χ1v) is 8.20. The summed E-state index contributed by atoms with van der Waals surface area (Å²) in [5.41, 5.74) is 1.35. The summed E-state index contributed by atoms with van der Waals surface area (Å²) in [4.78, 5) is 4.37. The molecule has 0 aliphatic heterocycles. The molecule has 0 spiro atoms. The van der Waals surface area contributed by atoms with E-state index in [1.807, 2.05) is 11.6 Å². The summed E-state index contributed by atoms with van der Waals surface area (Å²) in [7, 11) is 0. The molecule has 0 saturated heterocycles. The highest BCUT2D eigenvalue weighted by Gasteiger charge is 2.14. The predicted molar refractivity (Wildman–Crippen MR) is 78.9 cm³/mol. The van der Waals surface area contributed by atoms with Gasteiger partial charge in [0.25, 0.3) is 0 Å². The lowest BCUT2D eigenvalue weighted by Crippen LogP contribution is -2.23. The van der Waals surface area contributed by atoms with Crippen LogP contribution in [0.15, 0.2) is 26.8 Å². The summed E-state index contributed by atoms with van der Waals surface area (Å²) >= 11 is 6.99. The number of nitrogens with zero attached hydrogens (tertiary/aromatic N) is 1. The van der Waals surface area contributed by atoms with Gasteiger partial charge in [-0.3, -0.25) is 0 Å². The van der Waals surface area contributed by atoms with E-state index in [-0.39, 0.29) is 0 Å². The zero-order valence-corrected chi connectivity index (χ0v) is 12.9. The van der Waals surface area contributed by atoms with E-state index in [1.165, 1.54) is 14.4 Å². The van der Waals surface area contributed by atoms with Gasteiger partial charge in [-0.25, -0.2) is 4.98 Å². The standard InChI is InChI=1S/C12H15BrN2S2/c1-2-3-14-10(7-12-15-4-5-16-12)9-6-11(13)17-8-9/h4-6,8,10,14H,2-3,7H2,1H3. The molecule has 2 nitrogen and oxygen atoms in total. The lowest BCUT2D eigenvalue weighted by atomic mass is 10.1. The Morgan fingerprint density at radius 1 is 1.47 bits per heavy atom. The Morgan fingerprint density at radius 3 is 2.94 bits per heavy atom. The minimum absolute atomic E-state index is 0.378. The molecule has 2 heterocycles. The van der Waals surface area contributed by atoms with Crippen LogP contribution in [0.4, 0.5) is 0 Å². The van der Waals surface area contributed by atoms with Crippen LogP contribution in [0, 0.1) is 0 Å². The van der Waals surface area contributed by atoms with Gasteiger partial charge < -0.3 is 5.32 Å². The van der Waals surface area contributed by atoms with Crippen LogP contribution in [-0.2, 0) is 6.42 Å². The highest BCUT2D eigenvalue weighted by molar-refractivity contribution is 9.11. The Bertz CT molecular complexity index is 439.